The molecule has 0 aliphatic heterocycles. The van der Waals surface area contributed by atoms with Crippen molar-refractivity contribution in [1.29, 1.82) is 0 Å². The van der Waals surface area contributed by atoms with E-state index in [9.17, 15) is 4.39 Å². The van der Waals surface area contributed by atoms with E-state index in [1.807, 2.05) is 24.3 Å². The predicted octanol–water partition coefficient (Wildman–Crippen LogP) is 4.32. The Morgan fingerprint density at radius 1 is 0.905 bits per heavy atom. The second kappa shape index (κ2) is 4.40. The summed E-state index contributed by atoms with van der Waals surface area (Å²) in [6, 6.07) is 21.4. The molecule has 1 fully saturated rings. The molecular weight excluding hydrogens is 261 g/mol. The lowest BCUT2D eigenvalue weighted by Crippen LogP contribution is -2.21. The third-order valence-electron chi connectivity index (χ3n) is 4.56. The first-order valence-electron chi connectivity index (χ1n) is 7.20. The first kappa shape index (κ1) is 12.5. The molecule has 0 heterocycles. The molecule has 0 unspecified atom stereocenters. The summed E-state index contributed by atoms with van der Waals surface area (Å²) in [6.07, 6.45) is 0.914. The number of hydrogen-bond donors (Lipinski definition) is 1. The predicted molar refractivity (Wildman–Crippen MR) is 83.6 cm³/mol. The highest BCUT2D eigenvalue weighted by atomic mass is 19.1. The number of hydrogen-bond acceptors (Lipinski definition) is 1. The normalized spacial score (nSPS) is 24.2. The van der Waals surface area contributed by atoms with Crippen LogP contribution in [0.25, 0.3) is 10.8 Å². The highest BCUT2D eigenvalue weighted by Crippen LogP contribution is 2.56. The second-order valence-electron chi connectivity index (χ2n) is 5.91. The zero-order chi connectivity index (χ0) is 14.4. The van der Waals surface area contributed by atoms with Crippen LogP contribution in [-0.4, -0.2) is 0 Å². The summed E-state index contributed by atoms with van der Waals surface area (Å²) >= 11 is 0. The number of benzene rings is 3. The van der Waals surface area contributed by atoms with E-state index < -0.39 is 0 Å². The van der Waals surface area contributed by atoms with Crippen LogP contribution in [0.15, 0.2) is 66.7 Å². The third kappa shape index (κ3) is 2.03. The van der Waals surface area contributed by atoms with Gasteiger partial charge in [0, 0.05) is 11.5 Å². The lowest BCUT2D eigenvalue weighted by molar-refractivity contribution is 0.626. The van der Waals surface area contributed by atoms with Gasteiger partial charge in [-0.3, -0.25) is 0 Å². The van der Waals surface area contributed by atoms with Crippen molar-refractivity contribution in [2.75, 3.05) is 0 Å². The topological polar surface area (TPSA) is 26.0 Å². The van der Waals surface area contributed by atoms with Gasteiger partial charge in [-0.2, -0.15) is 0 Å². The average molecular weight is 277 g/mol. The first-order valence-corrected chi connectivity index (χ1v) is 7.20. The smallest absolute Gasteiger partial charge is 0.123 e. The molecule has 2 atom stereocenters. The molecule has 0 amide bonds. The number of rotatable bonds is 2. The van der Waals surface area contributed by atoms with Crippen LogP contribution in [0, 0.1) is 5.82 Å². The number of nitrogens with two attached hydrogens (primary N) is 1. The van der Waals surface area contributed by atoms with E-state index in [-0.39, 0.29) is 17.3 Å². The summed E-state index contributed by atoms with van der Waals surface area (Å²) in [6.45, 7) is 0. The van der Waals surface area contributed by atoms with Gasteiger partial charge in [0.2, 0.25) is 0 Å². The fourth-order valence-electron chi connectivity index (χ4n) is 3.19. The van der Waals surface area contributed by atoms with Gasteiger partial charge in [-0.05, 0) is 46.5 Å². The standard InChI is InChI=1S/C19H16FN/c20-17-9-6-14(7-10-17)18-12-19(18,21)16-8-5-13-3-1-2-4-15(13)11-16/h1-11,18H,12,21H2/t18-,19-/m1/s1. The summed E-state index contributed by atoms with van der Waals surface area (Å²) in [4.78, 5) is 0. The van der Waals surface area contributed by atoms with E-state index in [2.05, 4.69) is 30.3 Å². The van der Waals surface area contributed by atoms with E-state index in [0.29, 0.717) is 0 Å². The van der Waals surface area contributed by atoms with Gasteiger partial charge < -0.3 is 5.73 Å². The van der Waals surface area contributed by atoms with Crippen LogP contribution in [0.3, 0.4) is 0 Å². The summed E-state index contributed by atoms with van der Waals surface area (Å²) in [5.74, 6) is 0.0759. The Bertz CT molecular complexity index is 809. The summed E-state index contributed by atoms with van der Waals surface area (Å²) in [5.41, 5.74) is 8.54. The van der Waals surface area contributed by atoms with E-state index in [1.54, 1.807) is 0 Å². The first-order chi connectivity index (χ1) is 10.2. The van der Waals surface area contributed by atoms with Crippen molar-refractivity contribution in [3.05, 3.63) is 83.7 Å². The quantitative estimate of drug-likeness (QED) is 0.741. The molecule has 1 aliphatic rings. The molecule has 1 aliphatic carbocycles. The molecule has 0 spiro atoms. The minimum absolute atomic E-state index is 0.201. The van der Waals surface area contributed by atoms with Crippen LogP contribution < -0.4 is 5.73 Å². The maximum Gasteiger partial charge on any atom is 0.123 e. The maximum absolute atomic E-state index is 13.0. The van der Waals surface area contributed by atoms with Gasteiger partial charge in [0.1, 0.15) is 5.82 Å². The van der Waals surface area contributed by atoms with Gasteiger partial charge in [0.25, 0.3) is 0 Å². The molecule has 1 saturated carbocycles. The van der Waals surface area contributed by atoms with Gasteiger partial charge in [-0.25, -0.2) is 4.39 Å². The van der Waals surface area contributed by atoms with Crippen molar-refractivity contribution < 1.29 is 4.39 Å². The molecule has 0 aromatic heterocycles. The van der Waals surface area contributed by atoms with Crippen molar-refractivity contribution in [3.63, 3.8) is 0 Å². The van der Waals surface area contributed by atoms with E-state index in [1.165, 1.54) is 22.9 Å². The van der Waals surface area contributed by atoms with Crippen LogP contribution in [0.1, 0.15) is 23.5 Å². The monoisotopic (exact) mass is 277 g/mol. The molecule has 2 heteroatoms. The Balaban J connectivity index is 1.70. The van der Waals surface area contributed by atoms with Crippen molar-refractivity contribution in [2.45, 2.75) is 17.9 Å². The molecule has 0 radical (unpaired) electrons. The van der Waals surface area contributed by atoms with Crippen LogP contribution in [0.5, 0.6) is 0 Å². The van der Waals surface area contributed by atoms with Crippen LogP contribution in [-0.2, 0) is 5.54 Å². The Kier molecular flexibility index (Phi) is 2.63. The van der Waals surface area contributed by atoms with E-state index >= 15 is 0 Å². The highest BCUT2D eigenvalue weighted by Gasteiger charge is 2.52. The maximum atomic E-state index is 13.0. The van der Waals surface area contributed by atoms with Crippen molar-refractivity contribution in [1.82, 2.24) is 0 Å². The van der Waals surface area contributed by atoms with Crippen molar-refractivity contribution in [2.24, 2.45) is 5.73 Å². The molecule has 21 heavy (non-hydrogen) atoms. The molecule has 0 bridgehead atoms. The minimum atomic E-state index is -0.318. The number of fused-ring (bicyclic) bond motifs is 1. The molecular formula is C19H16FN. The van der Waals surface area contributed by atoms with E-state index in [0.717, 1.165) is 17.5 Å². The van der Waals surface area contributed by atoms with Crippen LogP contribution in [0.2, 0.25) is 0 Å². The summed E-state index contributed by atoms with van der Waals surface area (Å²) in [5, 5.41) is 2.44. The molecule has 104 valence electrons. The number of halogens is 1. The average Bonchev–Trinajstić information content (AvgIpc) is 3.21. The molecule has 1 nitrogen and oxygen atoms in total. The van der Waals surface area contributed by atoms with Crippen LogP contribution in [0.4, 0.5) is 4.39 Å². The Morgan fingerprint density at radius 3 is 2.38 bits per heavy atom. The lowest BCUT2D eigenvalue weighted by atomic mass is 9.97. The van der Waals surface area contributed by atoms with Crippen molar-refractivity contribution >= 4 is 10.8 Å². The zero-order valence-corrected chi connectivity index (χ0v) is 11.6. The lowest BCUT2D eigenvalue weighted by Gasteiger charge is -2.13. The van der Waals surface area contributed by atoms with Gasteiger partial charge in [-0.1, -0.05) is 48.5 Å². The van der Waals surface area contributed by atoms with Gasteiger partial charge >= 0.3 is 0 Å². The minimum Gasteiger partial charge on any atom is -0.321 e. The molecule has 0 saturated heterocycles. The van der Waals surface area contributed by atoms with E-state index in [4.69, 9.17) is 5.73 Å². The third-order valence-corrected chi connectivity index (χ3v) is 4.56. The Labute approximate surface area is 123 Å². The second-order valence-corrected chi connectivity index (χ2v) is 5.91. The highest BCUT2D eigenvalue weighted by molar-refractivity contribution is 5.83. The van der Waals surface area contributed by atoms with Gasteiger partial charge in [-0.15, -0.1) is 0 Å². The van der Waals surface area contributed by atoms with Crippen molar-refractivity contribution in [3.8, 4) is 0 Å². The van der Waals surface area contributed by atoms with Gasteiger partial charge in [0.05, 0.1) is 0 Å². The summed E-state index contributed by atoms with van der Waals surface area (Å²) in [7, 11) is 0. The molecule has 3 aromatic rings. The zero-order valence-electron chi connectivity index (χ0n) is 11.6. The molecule has 2 N–H and O–H groups in total. The summed E-state index contributed by atoms with van der Waals surface area (Å²) < 4.78 is 13.0. The molecule has 3 aromatic carbocycles. The van der Waals surface area contributed by atoms with Gasteiger partial charge in [0.15, 0.2) is 0 Å². The fourth-order valence-corrected chi connectivity index (χ4v) is 3.19. The Hall–Kier alpha value is -2.19. The SMILES string of the molecule is N[C@@]1(c2ccc3ccccc3c2)C[C@@H]1c1ccc(F)cc1. The fraction of sp³-hybridized carbons (Fsp3) is 0.158. The largest absolute Gasteiger partial charge is 0.321 e. The molecule has 4 rings (SSSR count). The Morgan fingerprint density at radius 2 is 1.62 bits per heavy atom. The van der Waals surface area contributed by atoms with Crippen LogP contribution >= 0.6 is 0 Å².